The van der Waals surface area contributed by atoms with Gasteiger partial charge in [0.2, 0.25) is 0 Å². The molecular formula is C21H22N4O3. The first-order valence-electron chi connectivity index (χ1n) is 8.71. The summed E-state index contributed by atoms with van der Waals surface area (Å²) >= 11 is 0. The Morgan fingerprint density at radius 2 is 1.68 bits per heavy atom. The van der Waals surface area contributed by atoms with Gasteiger partial charge in [-0.15, -0.1) is 0 Å². The number of nitrogens with zero attached hydrogens (tertiary/aromatic N) is 2. The first-order chi connectivity index (χ1) is 13.5. The highest BCUT2D eigenvalue weighted by atomic mass is 16.5. The van der Waals surface area contributed by atoms with Crippen molar-refractivity contribution in [2.75, 3.05) is 24.9 Å². The Hall–Kier alpha value is -3.61. The third-order valence-corrected chi connectivity index (χ3v) is 4.00. The van der Waals surface area contributed by atoms with Gasteiger partial charge in [0, 0.05) is 23.5 Å². The maximum absolute atomic E-state index is 12.6. The topological polar surface area (TPSA) is 85.4 Å². The van der Waals surface area contributed by atoms with Gasteiger partial charge < -0.3 is 20.1 Å². The maximum atomic E-state index is 12.6. The standard InChI is InChI=1S/C21H22N4O3/c1-13-6-5-7-15(10-13)25-21(26)17-12-20(23-14(2)22-17)24-16-8-9-18(27-3)19(11-16)28-4/h5-12H,1-4H3,(H,25,26)(H,22,23,24). The van der Waals surface area contributed by atoms with Gasteiger partial charge in [-0.25, -0.2) is 9.97 Å². The molecular weight excluding hydrogens is 356 g/mol. The number of anilines is 3. The van der Waals surface area contributed by atoms with E-state index in [1.54, 1.807) is 39.3 Å². The highest BCUT2D eigenvalue weighted by Crippen LogP contribution is 2.30. The molecule has 0 saturated heterocycles. The van der Waals surface area contributed by atoms with E-state index >= 15 is 0 Å². The van der Waals surface area contributed by atoms with Gasteiger partial charge >= 0.3 is 0 Å². The van der Waals surface area contributed by atoms with Crippen LogP contribution in [0.1, 0.15) is 21.9 Å². The number of methoxy groups -OCH3 is 2. The number of hydrogen-bond acceptors (Lipinski definition) is 6. The molecule has 0 saturated carbocycles. The van der Waals surface area contributed by atoms with Crippen molar-refractivity contribution in [3.8, 4) is 11.5 Å². The van der Waals surface area contributed by atoms with Gasteiger partial charge in [0.15, 0.2) is 11.5 Å². The predicted octanol–water partition coefficient (Wildman–Crippen LogP) is 4.11. The molecule has 0 fully saturated rings. The molecule has 0 aliphatic rings. The normalized spacial score (nSPS) is 10.3. The molecule has 0 aliphatic heterocycles. The number of rotatable bonds is 6. The average molecular weight is 378 g/mol. The number of amides is 1. The number of ether oxygens (including phenoxy) is 2. The summed E-state index contributed by atoms with van der Waals surface area (Å²) in [5.41, 5.74) is 2.81. The molecule has 0 atom stereocenters. The summed E-state index contributed by atoms with van der Waals surface area (Å²) in [4.78, 5) is 21.2. The molecule has 0 radical (unpaired) electrons. The van der Waals surface area contributed by atoms with Crippen molar-refractivity contribution >= 4 is 23.1 Å². The van der Waals surface area contributed by atoms with E-state index < -0.39 is 0 Å². The molecule has 0 spiro atoms. The largest absolute Gasteiger partial charge is 0.493 e. The lowest BCUT2D eigenvalue weighted by Crippen LogP contribution is -2.15. The lowest BCUT2D eigenvalue weighted by atomic mass is 10.2. The van der Waals surface area contributed by atoms with E-state index in [0.29, 0.717) is 23.1 Å². The zero-order valence-corrected chi connectivity index (χ0v) is 16.2. The third-order valence-electron chi connectivity index (χ3n) is 4.00. The highest BCUT2D eigenvalue weighted by molar-refractivity contribution is 6.03. The smallest absolute Gasteiger partial charge is 0.274 e. The molecule has 1 heterocycles. The van der Waals surface area contributed by atoms with Crippen LogP contribution in [0.3, 0.4) is 0 Å². The molecule has 2 N–H and O–H groups in total. The van der Waals surface area contributed by atoms with Crippen LogP contribution in [0.5, 0.6) is 11.5 Å². The maximum Gasteiger partial charge on any atom is 0.274 e. The minimum absolute atomic E-state index is 0.275. The first kappa shape index (κ1) is 19.2. The zero-order valence-electron chi connectivity index (χ0n) is 16.2. The average Bonchev–Trinajstić information content (AvgIpc) is 2.67. The van der Waals surface area contributed by atoms with E-state index in [9.17, 15) is 4.79 Å². The molecule has 0 unspecified atom stereocenters. The summed E-state index contributed by atoms with van der Waals surface area (Å²) in [5.74, 6) is 1.92. The number of benzene rings is 2. The molecule has 7 heteroatoms. The molecule has 3 rings (SSSR count). The molecule has 1 amide bonds. The van der Waals surface area contributed by atoms with E-state index in [4.69, 9.17) is 9.47 Å². The van der Waals surface area contributed by atoms with Crippen LogP contribution in [0.2, 0.25) is 0 Å². The summed E-state index contributed by atoms with van der Waals surface area (Å²) in [7, 11) is 3.15. The summed E-state index contributed by atoms with van der Waals surface area (Å²) < 4.78 is 10.6. The van der Waals surface area contributed by atoms with Gasteiger partial charge in [0.25, 0.3) is 5.91 Å². The number of aromatic nitrogens is 2. The van der Waals surface area contributed by atoms with Crippen molar-refractivity contribution < 1.29 is 14.3 Å². The van der Waals surface area contributed by atoms with Crippen molar-refractivity contribution in [1.82, 2.24) is 9.97 Å². The van der Waals surface area contributed by atoms with Crippen molar-refractivity contribution in [3.63, 3.8) is 0 Å². The lowest BCUT2D eigenvalue weighted by Gasteiger charge is -2.12. The Bertz CT molecular complexity index is 1000. The van der Waals surface area contributed by atoms with E-state index in [2.05, 4.69) is 20.6 Å². The van der Waals surface area contributed by atoms with Gasteiger partial charge in [0.05, 0.1) is 14.2 Å². The second-order valence-corrected chi connectivity index (χ2v) is 6.20. The summed E-state index contributed by atoms with van der Waals surface area (Å²) in [6.07, 6.45) is 0. The van der Waals surface area contributed by atoms with Gasteiger partial charge in [-0.05, 0) is 43.7 Å². The van der Waals surface area contributed by atoms with Crippen LogP contribution in [0.4, 0.5) is 17.2 Å². The lowest BCUT2D eigenvalue weighted by molar-refractivity contribution is 0.102. The Morgan fingerprint density at radius 1 is 0.893 bits per heavy atom. The molecule has 2 aromatic carbocycles. The van der Waals surface area contributed by atoms with Crippen LogP contribution in [0.15, 0.2) is 48.5 Å². The quantitative estimate of drug-likeness (QED) is 0.671. The van der Waals surface area contributed by atoms with Gasteiger partial charge in [0.1, 0.15) is 17.3 Å². The fourth-order valence-corrected chi connectivity index (χ4v) is 2.73. The van der Waals surface area contributed by atoms with Crippen LogP contribution in [-0.2, 0) is 0 Å². The number of hydrogen-bond donors (Lipinski definition) is 2. The molecule has 28 heavy (non-hydrogen) atoms. The molecule has 0 bridgehead atoms. The minimum Gasteiger partial charge on any atom is -0.493 e. The fourth-order valence-electron chi connectivity index (χ4n) is 2.73. The van der Waals surface area contributed by atoms with E-state index in [-0.39, 0.29) is 11.6 Å². The van der Waals surface area contributed by atoms with Crippen molar-refractivity contribution in [1.29, 1.82) is 0 Å². The summed E-state index contributed by atoms with van der Waals surface area (Å²) in [5, 5.41) is 6.03. The van der Waals surface area contributed by atoms with Crippen LogP contribution < -0.4 is 20.1 Å². The second kappa shape index (κ2) is 8.39. The summed E-state index contributed by atoms with van der Waals surface area (Å²) in [6.45, 7) is 3.71. The third kappa shape index (κ3) is 4.56. The monoisotopic (exact) mass is 378 g/mol. The number of carbonyl (C=O) groups excluding carboxylic acids is 1. The Balaban J connectivity index is 1.82. The molecule has 7 nitrogen and oxygen atoms in total. The van der Waals surface area contributed by atoms with Crippen molar-refractivity contribution in [2.24, 2.45) is 0 Å². The Labute approximate surface area is 163 Å². The van der Waals surface area contributed by atoms with Crippen LogP contribution >= 0.6 is 0 Å². The number of aryl methyl sites for hydroxylation is 2. The van der Waals surface area contributed by atoms with E-state index in [0.717, 1.165) is 16.9 Å². The van der Waals surface area contributed by atoms with Crippen molar-refractivity contribution in [3.05, 3.63) is 65.6 Å². The molecule has 3 aromatic rings. The molecule has 144 valence electrons. The van der Waals surface area contributed by atoms with Gasteiger partial charge in [-0.1, -0.05) is 12.1 Å². The number of nitrogens with one attached hydrogen (secondary N) is 2. The van der Waals surface area contributed by atoms with Crippen LogP contribution in [0.25, 0.3) is 0 Å². The fraction of sp³-hybridized carbons (Fsp3) is 0.190. The second-order valence-electron chi connectivity index (χ2n) is 6.20. The molecule has 0 aliphatic carbocycles. The minimum atomic E-state index is -0.300. The first-order valence-corrected chi connectivity index (χ1v) is 8.71. The highest BCUT2D eigenvalue weighted by Gasteiger charge is 2.12. The summed E-state index contributed by atoms with van der Waals surface area (Å²) in [6, 6.07) is 14.6. The SMILES string of the molecule is COc1ccc(Nc2cc(C(=O)Nc3cccc(C)c3)nc(C)n2)cc1OC. The van der Waals surface area contributed by atoms with E-state index in [1.165, 1.54) is 0 Å². The van der Waals surface area contributed by atoms with Crippen molar-refractivity contribution in [2.45, 2.75) is 13.8 Å². The Morgan fingerprint density at radius 3 is 2.39 bits per heavy atom. The number of carbonyl (C=O) groups is 1. The van der Waals surface area contributed by atoms with Gasteiger partial charge in [-0.2, -0.15) is 0 Å². The predicted molar refractivity (Wildman–Crippen MR) is 109 cm³/mol. The zero-order chi connectivity index (χ0) is 20.1. The Kier molecular flexibility index (Phi) is 5.74. The van der Waals surface area contributed by atoms with E-state index in [1.807, 2.05) is 37.3 Å². The van der Waals surface area contributed by atoms with Gasteiger partial charge in [-0.3, -0.25) is 4.79 Å². The molecule has 1 aromatic heterocycles. The van der Waals surface area contributed by atoms with Crippen LogP contribution in [0, 0.1) is 13.8 Å². The van der Waals surface area contributed by atoms with Crippen LogP contribution in [-0.4, -0.2) is 30.1 Å².